The van der Waals surface area contributed by atoms with E-state index in [0.29, 0.717) is 47.5 Å². The lowest BCUT2D eigenvalue weighted by atomic mass is 9.85. The molecule has 1 saturated heterocycles. The third-order valence-corrected chi connectivity index (χ3v) is 15.3. The lowest BCUT2D eigenvalue weighted by molar-refractivity contribution is -0.144. The number of aliphatic hydroxyl groups excluding tert-OH is 1. The Kier molecular flexibility index (Phi) is 16.5. The first-order valence-corrected chi connectivity index (χ1v) is 26.3. The summed E-state index contributed by atoms with van der Waals surface area (Å²) in [5.74, 6) is -0.401. The number of alkyl halides is 2. The summed E-state index contributed by atoms with van der Waals surface area (Å²) in [5, 5.41) is 21.9. The van der Waals surface area contributed by atoms with Crippen molar-refractivity contribution in [2.45, 2.75) is 137 Å². The summed E-state index contributed by atoms with van der Waals surface area (Å²) in [4.78, 5) is 62.6. The number of halogens is 2. The second kappa shape index (κ2) is 22.8. The van der Waals surface area contributed by atoms with E-state index >= 15 is 0 Å². The van der Waals surface area contributed by atoms with E-state index in [9.17, 15) is 33.1 Å². The van der Waals surface area contributed by atoms with Gasteiger partial charge in [-0.25, -0.2) is 13.8 Å². The Morgan fingerprint density at radius 3 is 2.40 bits per heavy atom. The SMILES string of the molecule is COc1cc(N2CCCc3cc(-c4cnn(CCCCCCCCC(=O)N[C@H](C(=O)N5C[C@H](O)C[C@H]5C(=O)NCc5ccc(-c6scnc6C)cc5)C(C)(C)C)c4)c(C(F)F)cc32)c2cc(C)c(=O)n(C)c2c1. The van der Waals surface area contributed by atoms with Crippen molar-refractivity contribution in [2.75, 3.05) is 25.1 Å². The van der Waals surface area contributed by atoms with E-state index in [1.54, 1.807) is 49.2 Å². The number of carbonyl (C=O) groups is 3. The number of unbranched alkanes of at least 4 members (excludes halogenated alkanes) is 5. The van der Waals surface area contributed by atoms with Gasteiger partial charge >= 0.3 is 0 Å². The molecule has 73 heavy (non-hydrogen) atoms. The zero-order valence-corrected chi connectivity index (χ0v) is 43.8. The minimum atomic E-state index is -2.72. The number of aryl methyl sites for hydroxylation is 5. The number of likely N-dealkylation sites (tertiary alicyclic amines) is 1. The van der Waals surface area contributed by atoms with Gasteiger partial charge in [0.15, 0.2) is 0 Å². The fourth-order valence-corrected chi connectivity index (χ4v) is 11.1. The number of nitrogens with one attached hydrogen (secondary N) is 2. The molecular formula is C56H68F2N8O6S. The molecule has 17 heteroatoms. The van der Waals surface area contributed by atoms with E-state index in [2.05, 4.69) is 25.6 Å². The molecule has 0 aliphatic carbocycles. The number of thiazole rings is 1. The zero-order chi connectivity index (χ0) is 52.1. The molecule has 6 aromatic rings. The number of benzene rings is 3. The number of nitrogens with zero attached hydrogens (tertiary/aromatic N) is 6. The monoisotopic (exact) mass is 1020 g/mol. The molecule has 3 atom stereocenters. The van der Waals surface area contributed by atoms with E-state index in [-0.39, 0.29) is 54.8 Å². The first-order valence-electron chi connectivity index (χ1n) is 25.4. The van der Waals surface area contributed by atoms with E-state index in [1.165, 1.54) is 4.90 Å². The number of anilines is 2. The van der Waals surface area contributed by atoms with Crippen molar-refractivity contribution in [3.63, 3.8) is 0 Å². The smallest absolute Gasteiger partial charge is 0.264 e. The van der Waals surface area contributed by atoms with Crippen molar-refractivity contribution in [3.05, 3.63) is 111 Å². The first-order chi connectivity index (χ1) is 34.9. The van der Waals surface area contributed by atoms with Crippen LogP contribution in [-0.4, -0.2) is 85.4 Å². The molecule has 3 amide bonds. The molecule has 14 nitrogen and oxygen atoms in total. The van der Waals surface area contributed by atoms with Crippen molar-refractivity contribution < 1.29 is 33.0 Å². The van der Waals surface area contributed by atoms with Gasteiger partial charge in [-0.15, -0.1) is 11.3 Å². The van der Waals surface area contributed by atoms with Gasteiger partial charge in [-0.05, 0) is 85.4 Å². The lowest BCUT2D eigenvalue weighted by Crippen LogP contribution is -2.57. The molecule has 5 heterocycles. The van der Waals surface area contributed by atoms with Crippen molar-refractivity contribution in [1.29, 1.82) is 0 Å². The van der Waals surface area contributed by atoms with Crippen LogP contribution in [0.25, 0.3) is 32.5 Å². The van der Waals surface area contributed by atoms with Crippen molar-refractivity contribution in [2.24, 2.45) is 12.5 Å². The number of rotatable bonds is 19. The number of fused-ring (bicyclic) bond motifs is 2. The van der Waals surface area contributed by atoms with Crippen LogP contribution in [0.1, 0.15) is 113 Å². The summed E-state index contributed by atoms with van der Waals surface area (Å²) in [6.07, 6.45) is 6.99. The average Bonchev–Trinajstić information content (AvgIpc) is 4.13. The maximum Gasteiger partial charge on any atom is 0.264 e. The van der Waals surface area contributed by atoms with Crippen LogP contribution < -0.4 is 25.8 Å². The van der Waals surface area contributed by atoms with Crippen LogP contribution in [0.2, 0.25) is 0 Å². The maximum absolute atomic E-state index is 14.9. The van der Waals surface area contributed by atoms with Crippen LogP contribution >= 0.6 is 11.3 Å². The molecule has 3 aromatic heterocycles. The third-order valence-electron chi connectivity index (χ3n) is 14.3. The molecule has 0 saturated carbocycles. The maximum atomic E-state index is 14.9. The summed E-state index contributed by atoms with van der Waals surface area (Å²) in [6, 6.07) is 15.3. The van der Waals surface area contributed by atoms with E-state index in [4.69, 9.17) is 4.74 Å². The van der Waals surface area contributed by atoms with Crippen molar-refractivity contribution in [3.8, 4) is 27.3 Å². The molecule has 2 aliphatic rings. The number of carbonyl (C=O) groups excluding carboxylic acids is 3. The predicted molar refractivity (Wildman–Crippen MR) is 282 cm³/mol. The van der Waals surface area contributed by atoms with Crippen LogP contribution in [-0.2, 0) is 40.9 Å². The molecule has 1 fully saturated rings. The van der Waals surface area contributed by atoms with Gasteiger partial charge < -0.3 is 34.8 Å². The van der Waals surface area contributed by atoms with Crippen LogP contribution in [0.3, 0.4) is 0 Å². The molecule has 0 unspecified atom stereocenters. The fourth-order valence-electron chi connectivity index (χ4n) is 10.3. The van der Waals surface area contributed by atoms with Crippen LogP contribution in [0, 0.1) is 19.3 Å². The number of aromatic nitrogens is 4. The lowest BCUT2D eigenvalue weighted by Gasteiger charge is -2.35. The highest BCUT2D eigenvalue weighted by Gasteiger charge is 2.44. The first kappa shape index (κ1) is 52.9. The van der Waals surface area contributed by atoms with Gasteiger partial charge in [0.1, 0.15) is 17.8 Å². The summed E-state index contributed by atoms with van der Waals surface area (Å²) in [5.41, 5.74) is 8.80. The van der Waals surface area contributed by atoms with Crippen LogP contribution in [0.15, 0.2) is 77.3 Å². The topological polar surface area (TPSA) is 164 Å². The second-order valence-corrected chi connectivity index (χ2v) is 21.6. The summed E-state index contributed by atoms with van der Waals surface area (Å²) in [7, 11) is 3.30. The Bertz CT molecular complexity index is 3020. The molecule has 2 aliphatic heterocycles. The summed E-state index contributed by atoms with van der Waals surface area (Å²) in [6.45, 7) is 10.9. The largest absolute Gasteiger partial charge is 0.497 e. The minimum absolute atomic E-state index is 0.00806. The Labute approximate surface area is 429 Å². The predicted octanol–water partition coefficient (Wildman–Crippen LogP) is 9.71. The van der Waals surface area contributed by atoms with Crippen molar-refractivity contribution in [1.82, 2.24) is 34.9 Å². The Morgan fingerprint density at radius 1 is 0.959 bits per heavy atom. The van der Waals surface area contributed by atoms with Crippen LogP contribution in [0.5, 0.6) is 5.75 Å². The normalized spacial score (nSPS) is 16.3. The number of ether oxygens (including phenoxy) is 1. The van der Waals surface area contributed by atoms with Gasteiger partial charge in [0, 0.05) is 92.2 Å². The molecule has 0 spiro atoms. The number of hydrogen-bond acceptors (Lipinski definition) is 10. The molecule has 3 aromatic carbocycles. The zero-order valence-electron chi connectivity index (χ0n) is 43.0. The molecule has 0 bridgehead atoms. The Balaban J connectivity index is 0.799. The third kappa shape index (κ3) is 12.0. The number of aliphatic hydroxyl groups is 1. The molecule has 8 rings (SSSR count). The number of methoxy groups -OCH3 is 1. The standard InChI is InChI=1S/C56H68F2N8O6S/c1-34-23-44-46(63(6)54(34)70)26-41(72-7)27-47(44)65-22-14-15-38-24-42(43(52(57)58)28-45(38)65)39-30-61-64(31-39)21-13-11-9-8-10-12-16-49(68)62-51(56(3,4)5)55(71)66-32-40(67)25-48(66)53(69)59-29-36-17-19-37(20-18-36)50-35(2)60-33-73-50/h17-20,23-24,26-28,30-31,33,40,48,51-52,67H,8-16,21-22,25,29,32H2,1-7H3,(H,59,69)(H,62,68)/t40-,48+,51-/m1/s1. The highest BCUT2D eigenvalue weighted by atomic mass is 32.1. The summed E-state index contributed by atoms with van der Waals surface area (Å²) >= 11 is 1.57. The average molecular weight is 1020 g/mol. The molecule has 3 N–H and O–H groups in total. The van der Waals surface area contributed by atoms with Gasteiger partial charge in [-0.1, -0.05) is 70.7 Å². The van der Waals surface area contributed by atoms with Gasteiger partial charge in [0.25, 0.3) is 12.0 Å². The van der Waals surface area contributed by atoms with Gasteiger partial charge in [-0.3, -0.25) is 23.9 Å². The van der Waals surface area contributed by atoms with Crippen molar-refractivity contribution >= 4 is 51.3 Å². The minimum Gasteiger partial charge on any atom is -0.497 e. The highest BCUT2D eigenvalue weighted by Crippen LogP contribution is 2.44. The molecular weight excluding hydrogens is 951 g/mol. The quantitative estimate of drug-likeness (QED) is 0.0671. The number of amides is 3. The highest BCUT2D eigenvalue weighted by molar-refractivity contribution is 7.13. The Morgan fingerprint density at radius 2 is 1.70 bits per heavy atom. The Hall–Kier alpha value is -6.46. The van der Waals surface area contributed by atoms with Gasteiger partial charge in [-0.2, -0.15) is 5.10 Å². The van der Waals surface area contributed by atoms with E-state index < -0.39 is 30.0 Å². The number of β-amino-alcohol motifs (C(OH)–C–C–N with tert-alkyl or cyclic N) is 1. The fraction of sp³-hybridized carbons (Fsp3) is 0.464. The van der Waals surface area contributed by atoms with Crippen LogP contribution in [0.4, 0.5) is 20.2 Å². The molecule has 388 valence electrons. The van der Waals surface area contributed by atoms with Gasteiger partial charge in [0.2, 0.25) is 17.7 Å². The molecule has 0 radical (unpaired) electrons. The summed E-state index contributed by atoms with van der Waals surface area (Å²) < 4.78 is 38.9. The number of pyridine rings is 1. The second-order valence-electron chi connectivity index (χ2n) is 20.7. The van der Waals surface area contributed by atoms with E-state index in [1.807, 2.05) is 92.6 Å². The van der Waals surface area contributed by atoms with Gasteiger partial charge in [0.05, 0.1) is 46.7 Å². The van der Waals surface area contributed by atoms with E-state index in [0.717, 1.165) is 89.0 Å². The number of hydrogen-bond donors (Lipinski definition) is 3.